The van der Waals surface area contributed by atoms with Crippen molar-refractivity contribution in [3.8, 4) is 22.9 Å². The van der Waals surface area contributed by atoms with E-state index in [1.54, 1.807) is 7.11 Å². The average molecular weight is 535 g/mol. The molecule has 3 heterocycles. The van der Waals surface area contributed by atoms with Crippen molar-refractivity contribution in [1.82, 2.24) is 20.2 Å². The standard InChI is InChI=1S/C22H26N5O3.HI/c1-13-7-6-8-14(2)18(13)26-22(23-24-25-26)19-17-15(9-10-27(19,3)4)11-16-20(21(17)28-5)30-12-29-16;/h6-8,11,19H,9-10,12H2,1-5H3;1H/q+1;/p-1. The molecule has 0 spiro atoms. The number of hydrogen-bond acceptors (Lipinski definition) is 6. The summed E-state index contributed by atoms with van der Waals surface area (Å²) < 4.78 is 19.9. The molecule has 0 saturated carbocycles. The van der Waals surface area contributed by atoms with Crippen LogP contribution < -0.4 is 38.2 Å². The van der Waals surface area contributed by atoms with Crippen LogP contribution in [0.2, 0.25) is 0 Å². The second-order valence-electron chi connectivity index (χ2n) is 8.56. The molecule has 3 aromatic rings. The van der Waals surface area contributed by atoms with Crippen molar-refractivity contribution >= 4 is 0 Å². The highest BCUT2D eigenvalue weighted by molar-refractivity contribution is 5.62. The van der Waals surface area contributed by atoms with Crippen molar-refractivity contribution in [2.24, 2.45) is 0 Å². The SMILES string of the molecule is COc1c2c(cc3c1C(c1nnnn1-c1c(C)cccc1C)[N+](C)(C)CC3)OCO2.[I-]. The van der Waals surface area contributed by atoms with E-state index >= 15 is 0 Å². The van der Waals surface area contributed by atoms with E-state index in [0.29, 0.717) is 16.0 Å². The van der Waals surface area contributed by atoms with Gasteiger partial charge in [-0.15, -0.1) is 5.10 Å². The lowest BCUT2D eigenvalue weighted by Crippen LogP contribution is -3.00. The summed E-state index contributed by atoms with van der Waals surface area (Å²) in [5.74, 6) is 2.91. The van der Waals surface area contributed by atoms with Gasteiger partial charge in [0.1, 0.15) is 0 Å². The first-order chi connectivity index (χ1) is 14.4. The number of benzene rings is 2. The Morgan fingerprint density at radius 3 is 2.61 bits per heavy atom. The van der Waals surface area contributed by atoms with Crippen LogP contribution in [0.15, 0.2) is 24.3 Å². The number of ether oxygens (including phenoxy) is 3. The van der Waals surface area contributed by atoms with Crippen LogP contribution in [0.4, 0.5) is 0 Å². The maximum atomic E-state index is 5.88. The number of methoxy groups -OCH3 is 1. The molecule has 0 fully saturated rings. The van der Waals surface area contributed by atoms with E-state index in [4.69, 9.17) is 14.2 Å². The number of aromatic nitrogens is 4. The summed E-state index contributed by atoms with van der Waals surface area (Å²) in [6.07, 6.45) is 0.913. The highest BCUT2D eigenvalue weighted by atomic mass is 127. The minimum atomic E-state index is -0.118. The number of likely N-dealkylation sites (N-methyl/N-ethyl adjacent to an activating group) is 1. The summed E-state index contributed by atoms with van der Waals surface area (Å²) in [6.45, 7) is 5.32. The molecule has 0 N–H and O–H groups in total. The molecule has 2 aliphatic rings. The summed E-state index contributed by atoms with van der Waals surface area (Å²) in [6, 6.07) is 8.19. The Labute approximate surface area is 198 Å². The zero-order valence-corrected chi connectivity index (χ0v) is 20.5. The highest BCUT2D eigenvalue weighted by Crippen LogP contribution is 2.52. The van der Waals surface area contributed by atoms with E-state index in [0.717, 1.165) is 46.9 Å². The van der Waals surface area contributed by atoms with Crippen LogP contribution in [-0.2, 0) is 6.42 Å². The first kappa shape index (κ1) is 21.8. The molecular formula is C22H26IN5O3. The minimum absolute atomic E-state index is 0. The number of tetrazole rings is 1. The van der Waals surface area contributed by atoms with Crippen LogP contribution in [0, 0.1) is 13.8 Å². The third-order valence-electron chi connectivity index (χ3n) is 6.27. The van der Waals surface area contributed by atoms with Crippen LogP contribution in [0.5, 0.6) is 17.2 Å². The molecule has 9 heteroatoms. The summed E-state index contributed by atoms with van der Waals surface area (Å²) in [5.41, 5.74) is 5.53. The molecule has 2 aliphatic heterocycles. The number of quaternary nitrogens is 1. The number of fused-ring (bicyclic) bond motifs is 2. The fourth-order valence-corrected chi connectivity index (χ4v) is 4.78. The normalized spacial score (nSPS) is 18.3. The molecule has 0 saturated heterocycles. The molecular weight excluding hydrogens is 509 g/mol. The number of halogens is 1. The third kappa shape index (κ3) is 3.34. The Bertz CT molecular complexity index is 1120. The van der Waals surface area contributed by atoms with Crippen molar-refractivity contribution in [3.05, 3.63) is 52.3 Å². The summed E-state index contributed by atoms with van der Waals surface area (Å²) in [4.78, 5) is 0. The molecule has 0 amide bonds. The molecule has 0 aliphatic carbocycles. The molecule has 0 bridgehead atoms. The van der Waals surface area contributed by atoms with Gasteiger partial charge in [0.15, 0.2) is 17.5 Å². The zero-order chi connectivity index (χ0) is 21.0. The van der Waals surface area contributed by atoms with Crippen LogP contribution in [0.1, 0.15) is 34.1 Å². The molecule has 164 valence electrons. The molecule has 5 rings (SSSR count). The average Bonchev–Trinajstić information content (AvgIpc) is 3.35. The molecule has 0 radical (unpaired) electrons. The highest BCUT2D eigenvalue weighted by Gasteiger charge is 2.45. The molecule has 1 unspecified atom stereocenters. The number of rotatable bonds is 3. The van der Waals surface area contributed by atoms with Crippen molar-refractivity contribution < 1.29 is 42.7 Å². The smallest absolute Gasteiger partial charge is 0.231 e. The minimum Gasteiger partial charge on any atom is -1.00 e. The van der Waals surface area contributed by atoms with Gasteiger partial charge in [0.2, 0.25) is 18.4 Å². The summed E-state index contributed by atoms with van der Waals surface area (Å²) in [7, 11) is 6.10. The van der Waals surface area contributed by atoms with Crippen molar-refractivity contribution in [2.45, 2.75) is 26.3 Å². The fourth-order valence-electron chi connectivity index (χ4n) is 4.78. The van der Waals surface area contributed by atoms with Crippen LogP contribution in [0.3, 0.4) is 0 Å². The van der Waals surface area contributed by atoms with Gasteiger partial charge in [-0.1, -0.05) is 18.2 Å². The van der Waals surface area contributed by atoms with Gasteiger partial charge in [-0.2, -0.15) is 4.68 Å². The van der Waals surface area contributed by atoms with Crippen LogP contribution >= 0.6 is 0 Å². The zero-order valence-electron chi connectivity index (χ0n) is 18.3. The van der Waals surface area contributed by atoms with Crippen molar-refractivity contribution in [1.29, 1.82) is 0 Å². The molecule has 1 aromatic heterocycles. The van der Waals surface area contributed by atoms with Gasteiger partial charge in [0, 0.05) is 6.42 Å². The number of aryl methyl sites for hydroxylation is 2. The third-order valence-corrected chi connectivity index (χ3v) is 6.27. The predicted molar refractivity (Wildman–Crippen MR) is 110 cm³/mol. The lowest BCUT2D eigenvalue weighted by molar-refractivity contribution is -0.917. The maximum Gasteiger partial charge on any atom is 0.231 e. The van der Waals surface area contributed by atoms with Crippen LogP contribution in [-0.4, -0.2) is 59.2 Å². The lowest BCUT2D eigenvalue weighted by atomic mass is 9.88. The van der Waals surface area contributed by atoms with E-state index in [9.17, 15) is 0 Å². The predicted octanol–water partition coefficient (Wildman–Crippen LogP) is -0.258. The summed E-state index contributed by atoms with van der Waals surface area (Å²) >= 11 is 0. The molecule has 8 nitrogen and oxygen atoms in total. The molecule has 1 atom stereocenters. The summed E-state index contributed by atoms with van der Waals surface area (Å²) in [5, 5.41) is 13.0. The van der Waals surface area contributed by atoms with E-state index < -0.39 is 0 Å². The second kappa shape index (κ2) is 7.94. The molecule has 2 aromatic carbocycles. The van der Waals surface area contributed by atoms with Gasteiger partial charge in [-0.05, 0) is 47.0 Å². The van der Waals surface area contributed by atoms with Crippen LogP contribution in [0.25, 0.3) is 5.69 Å². The quantitative estimate of drug-likeness (QED) is 0.340. The van der Waals surface area contributed by atoms with Gasteiger partial charge in [-0.3, -0.25) is 0 Å². The Kier molecular flexibility index (Phi) is 5.59. The number of para-hydroxylation sites is 1. The first-order valence-corrected chi connectivity index (χ1v) is 10.1. The number of nitrogens with zero attached hydrogens (tertiary/aromatic N) is 5. The maximum absolute atomic E-state index is 5.88. The van der Waals surface area contributed by atoms with Gasteiger partial charge in [0.25, 0.3) is 0 Å². The van der Waals surface area contributed by atoms with Crippen molar-refractivity contribution in [3.63, 3.8) is 0 Å². The van der Waals surface area contributed by atoms with Gasteiger partial charge >= 0.3 is 0 Å². The van der Waals surface area contributed by atoms with Gasteiger partial charge in [-0.25, -0.2) is 0 Å². The van der Waals surface area contributed by atoms with Gasteiger partial charge < -0.3 is 42.7 Å². The van der Waals surface area contributed by atoms with E-state index in [-0.39, 0.29) is 36.8 Å². The van der Waals surface area contributed by atoms with Crippen molar-refractivity contribution in [2.75, 3.05) is 34.5 Å². The van der Waals surface area contributed by atoms with E-state index in [1.165, 1.54) is 5.56 Å². The first-order valence-electron chi connectivity index (χ1n) is 10.1. The molecule has 31 heavy (non-hydrogen) atoms. The van der Waals surface area contributed by atoms with Gasteiger partial charge in [0.05, 0.1) is 39.0 Å². The van der Waals surface area contributed by atoms with E-state index in [1.807, 2.05) is 4.68 Å². The Morgan fingerprint density at radius 1 is 1.16 bits per heavy atom. The topological polar surface area (TPSA) is 71.3 Å². The number of hydrogen-bond donors (Lipinski definition) is 0. The Balaban J connectivity index is 0.00000231. The Morgan fingerprint density at radius 2 is 1.90 bits per heavy atom. The second-order valence-corrected chi connectivity index (χ2v) is 8.56. The monoisotopic (exact) mass is 535 g/mol. The fraction of sp³-hybridized carbons (Fsp3) is 0.409. The Hall–Kier alpha value is -2.40. The van der Waals surface area contributed by atoms with E-state index in [2.05, 4.69) is 67.7 Å². The largest absolute Gasteiger partial charge is 1.00 e. The lowest BCUT2D eigenvalue weighted by Gasteiger charge is -2.42.